The van der Waals surface area contributed by atoms with E-state index in [9.17, 15) is 9.90 Å². The Labute approximate surface area is 214 Å². The van der Waals surface area contributed by atoms with Gasteiger partial charge < -0.3 is 18.7 Å². The van der Waals surface area contributed by atoms with Gasteiger partial charge in [-0.15, -0.1) is 0 Å². The molecule has 3 heterocycles. The molecule has 0 amide bonds. The van der Waals surface area contributed by atoms with E-state index in [1.54, 1.807) is 6.20 Å². The van der Waals surface area contributed by atoms with E-state index in [-0.39, 0.29) is 30.4 Å². The Kier molecular flexibility index (Phi) is 7.62. The van der Waals surface area contributed by atoms with E-state index in [1.165, 1.54) is 29.4 Å². The van der Waals surface area contributed by atoms with Gasteiger partial charge in [-0.25, -0.2) is 4.79 Å². The topological polar surface area (TPSA) is 86.7 Å². The number of aliphatic hydroxyl groups is 1. The molecule has 7 nitrogen and oxygen atoms in total. The molecule has 0 spiro atoms. The molecule has 1 aliphatic heterocycles. The number of rotatable bonds is 9. The number of furan rings is 1. The van der Waals surface area contributed by atoms with Crippen LogP contribution in [0.3, 0.4) is 0 Å². The molecule has 0 saturated carbocycles. The molecule has 1 saturated heterocycles. The molecule has 196 valence electrons. The zero-order valence-electron chi connectivity index (χ0n) is 22.5. The highest BCUT2D eigenvalue weighted by atomic mass is 28.4. The van der Waals surface area contributed by atoms with Crippen molar-refractivity contribution in [3.8, 4) is 11.3 Å². The number of hydrogen-bond acceptors (Lipinski definition) is 6. The van der Waals surface area contributed by atoms with Crippen molar-refractivity contribution in [2.45, 2.75) is 89.8 Å². The van der Waals surface area contributed by atoms with E-state index in [2.05, 4.69) is 70.0 Å². The second-order valence-electron chi connectivity index (χ2n) is 11.6. The van der Waals surface area contributed by atoms with Gasteiger partial charge in [0.15, 0.2) is 14.0 Å². The van der Waals surface area contributed by atoms with Crippen LogP contribution in [0.1, 0.15) is 58.9 Å². The summed E-state index contributed by atoms with van der Waals surface area (Å²) in [5.74, 6) is 0.661. The molecular formula is C28H40N2O5Si. The zero-order valence-corrected chi connectivity index (χ0v) is 23.5. The maximum absolute atomic E-state index is 13.2. The Morgan fingerprint density at radius 1 is 1.22 bits per heavy atom. The lowest BCUT2D eigenvalue weighted by Crippen LogP contribution is -2.50. The minimum atomic E-state index is -2.12. The lowest BCUT2D eigenvalue weighted by atomic mass is 10.0. The number of aryl methyl sites for hydroxylation is 1. The molecular weight excluding hydrogens is 472 g/mol. The second-order valence-corrected chi connectivity index (χ2v) is 16.4. The molecule has 0 aliphatic carbocycles. The molecule has 1 aromatic carbocycles. The Morgan fingerprint density at radius 3 is 2.56 bits per heavy atom. The largest absolute Gasteiger partial charge is 0.437 e. The quantitative estimate of drug-likeness (QED) is 0.286. The minimum absolute atomic E-state index is 0.00356. The summed E-state index contributed by atoms with van der Waals surface area (Å²) in [4.78, 5) is 17.4. The Morgan fingerprint density at radius 2 is 1.94 bits per heavy atom. The van der Waals surface area contributed by atoms with Gasteiger partial charge in [0.05, 0.1) is 24.7 Å². The molecule has 0 bridgehead atoms. The molecule has 0 radical (unpaired) electrons. The summed E-state index contributed by atoms with van der Waals surface area (Å²) in [5, 5.41) is 11.0. The van der Waals surface area contributed by atoms with Crippen molar-refractivity contribution >= 4 is 19.4 Å². The van der Waals surface area contributed by atoms with Crippen molar-refractivity contribution in [2.75, 3.05) is 13.2 Å². The Hall–Kier alpha value is -2.26. The summed E-state index contributed by atoms with van der Waals surface area (Å²) in [7, 11) is -2.12. The van der Waals surface area contributed by atoms with E-state index in [4.69, 9.17) is 13.6 Å². The maximum atomic E-state index is 13.2. The van der Waals surface area contributed by atoms with Crippen molar-refractivity contribution in [3.63, 3.8) is 0 Å². The molecule has 1 fully saturated rings. The van der Waals surface area contributed by atoms with Crippen LogP contribution in [0.2, 0.25) is 18.1 Å². The van der Waals surface area contributed by atoms with Gasteiger partial charge in [-0.1, -0.05) is 64.8 Å². The van der Waals surface area contributed by atoms with Crippen LogP contribution in [0, 0.1) is 0 Å². The van der Waals surface area contributed by atoms with E-state index < -0.39 is 25.8 Å². The summed E-state index contributed by atoms with van der Waals surface area (Å²) >= 11 is 0. The smallest absolute Gasteiger partial charge is 0.353 e. The third-order valence-electron chi connectivity index (χ3n) is 7.72. The highest BCUT2D eigenvalue weighted by Crippen LogP contribution is 2.39. The van der Waals surface area contributed by atoms with Crippen LogP contribution in [0.25, 0.3) is 22.4 Å². The average molecular weight is 513 g/mol. The van der Waals surface area contributed by atoms with E-state index >= 15 is 0 Å². The highest BCUT2D eigenvalue weighted by molar-refractivity contribution is 6.74. The van der Waals surface area contributed by atoms with Crippen LogP contribution in [0.4, 0.5) is 0 Å². The van der Waals surface area contributed by atoms with Gasteiger partial charge in [-0.05, 0) is 42.6 Å². The van der Waals surface area contributed by atoms with Crippen molar-refractivity contribution in [2.24, 2.45) is 0 Å². The highest BCUT2D eigenvalue weighted by Gasteiger charge is 2.46. The predicted octanol–water partition coefficient (Wildman–Crippen LogP) is 5.85. The summed E-state index contributed by atoms with van der Waals surface area (Å²) < 4.78 is 20.0. The third-order valence-corrected chi connectivity index (χ3v) is 12.2. The van der Waals surface area contributed by atoms with E-state index in [1.807, 2.05) is 6.07 Å². The number of aliphatic hydroxyl groups excluding tert-OH is 1. The number of ether oxygens (including phenoxy) is 1. The molecule has 0 unspecified atom stereocenters. The van der Waals surface area contributed by atoms with Crippen LogP contribution in [-0.2, 0) is 21.3 Å². The van der Waals surface area contributed by atoms with Gasteiger partial charge in [0.1, 0.15) is 5.76 Å². The van der Waals surface area contributed by atoms with Crippen LogP contribution in [0.15, 0.2) is 45.7 Å². The lowest BCUT2D eigenvalue weighted by Gasteiger charge is -2.40. The first-order valence-corrected chi connectivity index (χ1v) is 15.9. The monoisotopic (exact) mass is 512 g/mol. The molecule has 3 aromatic rings. The van der Waals surface area contributed by atoms with Crippen LogP contribution < -0.4 is 5.69 Å². The van der Waals surface area contributed by atoms with Gasteiger partial charge in [0, 0.05) is 18.2 Å². The fourth-order valence-electron chi connectivity index (χ4n) is 4.34. The SMILES string of the molecule is CCCCCc1ccc(-c2cc3cn([C@]4(CO[Si](C)(C)C(C)(C)C)C[C@H](O)CO4)c(=O)nc3o2)cc1. The normalized spacial score (nSPS) is 20.9. The summed E-state index contributed by atoms with van der Waals surface area (Å²) in [6.45, 7) is 13.4. The molecule has 2 atom stereocenters. The van der Waals surface area contributed by atoms with Gasteiger partial charge in [0.2, 0.25) is 5.71 Å². The molecule has 36 heavy (non-hydrogen) atoms. The first kappa shape index (κ1) is 26.8. The van der Waals surface area contributed by atoms with Crippen molar-refractivity contribution in [3.05, 3.63) is 52.6 Å². The second kappa shape index (κ2) is 10.2. The molecule has 1 N–H and O–H groups in total. The Balaban J connectivity index is 1.64. The third kappa shape index (κ3) is 5.51. The summed E-state index contributed by atoms with van der Waals surface area (Å²) in [6, 6.07) is 10.3. The van der Waals surface area contributed by atoms with Crippen molar-refractivity contribution in [1.29, 1.82) is 0 Å². The van der Waals surface area contributed by atoms with Crippen molar-refractivity contribution < 1.29 is 18.7 Å². The van der Waals surface area contributed by atoms with E-state index in [0.717, 1.165) is 12.0 Å². The minimum Gasteiger partial charge on any atom is -0.437 e. The number of hydrogen-bond donors (Lipinski definition) is 1. The molecule has 2 aromatic heterocycles. The standard InChI is InChI=1S/C28H40N2O5Si/c1-7-8-9-10-20-11-13-21(14-12-20)24-15-22-17-30(26(32)29-25(22)35-24)28(16-23(31)18-33-28)19-34-36(5,6)27(2,3)4/h11-15,17,23,31H,7-10,16,18-19H2,1-6H3/t23-,28+/m0/s1. The average Bonchev–Trinajstić information content (AvgIpc) is 3.40. The fourth-order valence-corrected chi connectivity index (χ4v) is 5.36. The maximum Gasteiger partial charge on any atom is 0.353 e. The fraction of sp³-hybridized carbons (Fsp3) is 0.571. The van der Waals surface area contributed by atoms with Crippen LogP contribution in [0.5, 0.6) is 0 Å². The predicted molar refractivity (Wildman–Crippen MR) is 145 cm³/mol. The zero-order chi connectivity index (χ0) is 26.1. The van der Waals surface area contributed by atoms with Crippen molar-refractivity contribution in [1.82, 2.24) is 9.55 Å². The van der Waals surface area contributed by atoms with Gasteiger partial charge in [-0.2, -0.15) is 4.98 Å². The lowest BCUT2D eigenvalue weighted by molar-refractivity contribution is -0.0983. The first-order chi connectivity index (χ1) is 16.9. The summed E-state index contributed by atoms with van der Waals surface area (Å²) in [5.41, 5.74) is 0.946. The number of benzene rings is 1. The number of unbranched alkanes of at least 4 members (excludes halogenated alkanes) is 2. The Bertz CT molecular complexity index is 1240. The first-order valence-electron chi connectivity index (χ1n) is 13.0. The molecule has 8 heteroatoms. The summed E-state index contributed by atoms with van der Waals surface area (Å²) in [6.07, 6.45) is 6.01. The molecule has 4 rings (SSSR count). The van der Waals surface area contributed by atoms with Gasteiger partial charge in [-0.3, -0.25) is 4.57 Å². The number of aromatic nitrogens is 2. The van der Waals surface area contributed by atoms with Crippen LogP contribution in [-0.4, -0.2) is 42.3 Å². The number of fused-ring (bicyclic) bond motifs is 1. The van der Waals surface area contributed by atoms with Crippen LogP contribution >= 0.6 is 0 Å². The van der Waals surface area contributed by atoms with Gasteiger partial charge in [0.25, 0.3) is 0 Å². The van der Waals surface area contributed by atoms with Gasteiger partial charge >= 0.3 is 5.69 Å². The van der Waals surface area contributed by atoms with E-state index in [0.29, 0.717) is 11.1 Å². The molecule has 1 aliphatic rings. The number of nitrogens with zero attached hydrogens (tertiary/aromatic N) is 2.